The van der Waals surface area contributed by atoms with Crippen LogP contribution >= 0.6 is 0 Å². The summed E-state index contributed by atoms with van der Waals surface area (Å²) in [6, 6.07) is 20.5. The molecule has 0 radical (unpaired) electrons. The minimum atomic E-state index is -0.832. The highest BCUT2D eigenvalue weighted by Crippen LogP contribution is 2.35. The number of likely N-dealkylation sites (tertiary alicyclic amines) is 1. The molecule has 22 heavy (non-hydrogen) atoms. The SMILES string of the molecule is CNC1(C(=O)O)CN(C(c2ccccc2)c2ccccc2)C1. The van der Waals surface area contributed by atoms with Crippen LogP contribution in [0.25, 0.3) is 0 Å². The molecule has 2 aromatic rings. The summed E-state index contributed by atoms with van der Waals surface area (Å²) in [5, 5.41) is 12.4. The second kappa shape index (κ2) is 5.91. The molecule has 3 rings (SSSR count). The predicted molar refractivity (Wildman–Crippen MR) is 85.7 cm³/mol. The zero-order valence-electron chi connectivity index (χ0n) is 12.6. The number of carbonyl (C=O) groups is 1. The van der Waals surface area contributed by atoms with Gasteiger partial charge >= 0.3 is 5.97 Å². The number of benzene rings is 2. The third-order valence-electron chi connectivity index (χ3n) is 4.43. The number of carboxylic acids is 1. The van der Waals surface area contributed by atoms with Crippen LogP contribution in [0, 0.1) is 0 Å². The Labute approximate surface area is 130 Å². The summed E-state index contributed by atoms with van der Waals surface area (Å²) < 4.78 is 0. The first-order chi connectivity index (χ1) is 10.7. The fourth-order valence-electron chi connectivity index (χ4n) is 3.11. The Hall–Kier alpha value is -2.17. The van der Waals surface area contributed by atoms with Gasteiger partial charge in [-0.15, -0.1) is 0 Å². The Bertz CT molecular complexity index is 597. The van der Waals surface area contributed by atoms with Gasteiger partial charge in [-0.3, -0.25) is 9.69 Å². The first kappa shape index (κ1) is 14.8. The number of nitrogens with zero attached hydrogens (tertiary/aromatic N) is 1. The molecule has 4 nitrogen and oxygen atoms in total. The lowest BCUT2D eigenvalue weighted by Gasteiger charge is -2.50. The van der Waals surface area contributed by atoms with Crippen LogP contribution in [0.3, 0.4) is 0 Å². The van der Waals surface area contributed by atoms with Crippen LogP contribution in [0.4, 0.5) is 0 Å². The number of rotatable bonds is 5. The number of hydrogen-bond acceptors (Lipinski definition) is 3. The molecular formula is C18H20N2O2. The molecule has 0 aliphatic carbocycles. The molecule has 2 N–H and O–H groups in total. The Morgan fingerprint density at radius 2 is 1.50 bits per heavy atom. The average molecular weight is 296 g/mol. The van der Waals surface area contributed by atoms with Crippen molar-refractivity contribution < 1.29 is 9.90 Å². The van der Waals surface area contributed by atoms with Crippen molar-refractivity contribution in [3.8, 4) is 0 Å². The van der Waals surface area contributed by atoms with Crippen LogP contribution in [-0.2, 0) is 4.79 Å². The molecule has 0 aromatic heterocycles. The molecule has 0 bridgehead atoms. The molecule has 0 saturated carbocycles. The summed E-state index contributed by atoms with van der Waals surface area (Å²) in [6.45, 7) is 0.987. The quantitative estimate of drug-likeness (QED) is 0.887. The minimum absolute atomic E-state index is 0.0863. The summed E-state index contributed by atoms with van der Waals surface area (Å²) in [5.74, 6) is -0.786. The van der Waals surface area contributed by atoms with E-state index >= 15 is 0 Å². The second-order valence-corrected chi connectivity index (χ2v) is 5.77. The van der Waals surface area contributed by atoms with Gasteiger partial charge in [0, 0.05) is 13.1 Å². The highest BCUT2D eigenvalue weighted by atomic mass is 16.4. The standard InChI is InChI=1S/C18H20N2O2/c1-19-18(17(21)22)12-20(13-18)16(14-8-4-2-5-9-14)15-10-6-3-7-11-15/h2-11,16,19H,12-13H2,1H3,(H,21,22). The van der Waals surface area contributed by atoms with Gasteiger partial charge in [-0.1, -0.05) is 60.7 Å². The van der Waals surface area contributed by atoms with Crippen molar-refractivity contribution in [3.63, 3.8) is 0 Å². The van der Waals surface area contributed by atoms with Gasteiger partial charge in [0.25, 0.3) is 0 Å². The maximum Gasteiger partial charge on any atom is 0.326 e. The van der Waals surface area contributed by atoms with Gasteiger partial charge in [-0.05, 0) is 18.2 Å². The highest BCUT2D eigenvalue weighted by Gasteiger charge is 2.50. The Balaban J connectivity index is 1.91. The first-order valence-corrected chi connectivity index (χ1v) is 7.42. The number of likely N-dealkylation sites (N-methyl/N-ethyl adjacent to an activating group) is 1. The van der Waals surface area contributed by atoms with Crippen molar-refractivity contribution in [3.05, 3.63) is 71.8 Å². The predicted octanol–water partition coefficient (Wildman–Crippen LogP) is 2.13. The zero-order chi connectivity index (χ0) is 15.6. The number of hydrogen-bond donors (Lipinski definition) is 2. The number of carboxylic acid groups (broad SMARTS) is 1. The zero-order valence-corrected chi connectivity index (χ0v) is 12.6. The lowest BCUT2D eigenvalue weighted by molar-refractivity contribution is -0.153. The van der Waals surface area contributed by atoms with Gasteiger partial charge in [0.2, 0.25) is 0 Å². The maximum absolute atomic E-state index is 11.5. The van der Waals surface area contributed by atoms with E-state index in [0.29, 0.717) is 13.1 Å². The third-order valence-corrected chi connectivity index (χ3v) is 4.43. The minimum Gasteiger partial charge on any atom is -0.480 e. The van der Waals surface area contributed by atoms with Crippen molar-refractivity contribution >= 4 is 5.97 Å². The molecule has 1 fully saturated rings. The molecule has 1 saturated heterocycles. The van der Waals surface area contributed by atoms with Crippen LogP contribution in [0.5, 0.6) is 0 Å². The lowest BCUT2D eigenvalue weighted by atomic mass is 9.85. The summed E-state index contributed by atoms with van der Waals surface area (Å²) in [5.41, 5.74) is 1.54. The van der Waals surface area contributed by atoms with E-state index in [1.54, 1.807) is 7.05 Å². The molecule has 114 valence electrons. The van der Waals surface area contributed by atoms with Crippen molar-refractivity contribution in [2.75, 3.05) is 20.1 Å². The van der Waals surface area contributed by atoms with Gasteiger partial charge in [0.1, 0.15) is 5.54 Å². The smallest absolute Gasteiger partial charge is 0.326 e. The molecule has 1 heterocycles. The van der Waals surface area contributed by atoms with E-state index in [-0.39, 0.29) is 6.04 Å². The van der Waals surface area contributed by atoms with Crippen LogP contribution in [0.1, 0.15) is 17.2 Å². The normalized spacial score (nSPS) is 17.2. The number of aliphatic carboxylic acids is 1. The molecule has 2 aromatic carbocycles. The molecule has 0 unspecified atom stereocenters. The van der Waals surface area contributed by atoms with E-state index in [0.717, 1.165) is 0 Å². The third kappa shape index (κ3) is 2.51. The van der Waals surface area contributed by atoms with Crippen LogP contribution in [0.2, 0.25) is 0 Å². The fraction of sp³-hybridized carbons (Fsp3) is 0.278. The Kier molecular flexibility index (Phi) is 3.96. The second-order valence-electron chi connectivity index (χ2n) is 5.77. The lowest BCUT2D eigenvalue weighted by Crippen LogP contribution is -2.72. The monoisotopic (exact) mass is 296 g/mol. The summed E-state index contributed by atoms with van der Waals surface area (Å²) in [6.07, 6.45) is 0. The largest absolute Gasteiger partial charge is 0.480 e. The summed E-state index contributed by atoms with van der Waals surface area (Å²) in [4.78, 5) is 13.7. The summed E-state index contributed by atoms with van der Waals surface area (Å²) in [7, 11) is 1.71. The Morgan fingerprint density at radius 3 is 1.86 bits per heavy atom. The van der Waals surface area contributed by atoms with Gasteiger partial charge in [0.05, 0.1) is 6.04 Å². The van der Waals surface area contributed by atoms with Crippen molar-refractivity contribution in [2.45, 2.75) is 11.6 Å². The van der Waals surface area contributed by atoms with Crippen molar-refractivity contribution in [2.24, 2.45) is 0 Å². The van der Waals surface area contributed by atoms with Crippen molar-refractivity contribution in [1.82, 2.24) is 10.2 Å². The van der Waals surface area contributed by atoms with Gasteiger partial charge in [-0.25, -0.2) is 0 Å². The van der Waals surface area contributed by atoms with Crippen LogP contribution in [0.15, 0.2) is 60.7 Å². The van der Waals surface area contributed by atoms with E-state index in [1.165, 1.54) is 11.1 Å². The molecular weight excluding hydrogens is 276 g/mol. The van der Waals surface area contributed by atoms with Crippen LogP contribution in [-0.4, -0.2) is 41.7 Å². The van der Waals surface area contributed by atoms with Crippen LogP contribution < -0.4 is 5.32 Å². The van der Waals surface area contributed by atoms with Crippen molar-refractivity contribution in [1.29, 1.82) is 0 Å². The topological polar surface area (TPSA) is 52.6 Å². The first-order valence-electron chi connectivity index (χ1n) is 7.42. The molecule has 0 atom stereocenters. The van der Waals surface area contributed by atoms with E-state index in [9.17, 15) is 9.90 Å². The Morgan fingerprint density at radius 1 is 1.05 bits per heavy atom. The molecule has 1 aliphatic heterocycles. The number of nitrogens with one attached hydrogen (secondary N) is 1. The van der Waals surface area contributed by atoms with Gasteiger partial charge in [-0.2, -0.15) is 0 Å². The van der Waals surface area contributed by atoms with E-state index < -0.39 is 11.5 Å². The fourth-order valence-corrected chi connectivity index (χ4v) is 3.11. The van der Waals surface area contributed by atoms with Gasteiger partial charge < -0.3 is 10.4 Å². The highest BCUT2D eigenvalue weighted by molar-refractivity contribution is 5.81. The van der Waals surface area contributed by atoms with Gasteiger partial charge in [0.15, 0.2) is 0 Å². The summed E-state index contributed by atoms with van der Waals surface area (Å²) >= 11 is 0. The molecule has 1 aliphatic rings. The van der Waals surface area contributed by atoms with E-state index in [1.807, 2.05) is 36.4 Å². The van der Waals surface area contributed by atoms with E-state index in [4.69, 9.17) is 0 Å². The molecule has 0 spiro atoms. The maximum atomic E-state index is 11.5. The molecule has 0 amide bonds. The van der Waals surface area contributed by atoms with E-state index in [2.05, 4.69) is 34.5 Å². The molecule has 4 heteroatoms. The average Bonchev–Trinajstić information content (AvgIpc) is 2.52.